The van der Waals surface area contributed by atoms with E-state index in [1.54, 1.807) is 12.1 Å². The van der Waals surface area contributed by atoms with Crippen LogP contribution in [0, 0.1) is 5.92 Å². The van der Waals surface area contributed by atoms with Crippen molar-refractivity contribution in [2.24, 2.45) is 5.92 Å². The van der Waals surface area contributed by atoms with Crippen LogP contribution in [-0.4, -0.2) is 42.4 Å². The van der Waals surface area contributed by atoms with E-state index in [1.165, 1.54) is 0 Å². The third-order valence-corrected chi connectivity index (χ3v) is 4.03. The second-order valence-corrected chi connectivity index (χ2v) is 7.17. The Morgan fingerprint density at radius 3 is 2.29 bits per heavy atom. The van der Waals surface area contributed by atoms with Gasteiger partial charge in [0.15, 0.2) is 0 Å². The molecule has 0 atom stereocenters. The first-order valence-corrected chi connectivity index (χ1v) is 8.30. The average molecular weight is 334 g/mol. The highest BCUT2D eigenvalue weighted by atomic mass is 16.6. The summed E-state index contributed by atoms with van der Waals surface area (Å²) in [7, 11) is 0. The zero-order valence-corrected chi connectivity index (χ0v) is 14.5. The Labute approximate surface area is 142 Å². The highest BCUT2D eigenvalue weighted by Crippen LogP contribution is 2.23. The number of hydrogen-bond acceptors (Lipinski definition) is 4. The number of ether oxygens (including phenoxy) is 1. The second kappa shape index (κ2) is 7.55. The molecule has 0 unspecified atom stereocenters. The van der Waals surface area contributed by atoms with Gasteiger partial charge in [0.1, 0.15) is 5.60 Å². The molecule has 1 heterocycles. The van der Waals surface area contributed by atoms with Gasteiger partial charge in [0, 0.05) is 25.3 Å². The lowest BCUT2D eigenvalue weighted by Gasteiger charge is -2.33. The van der Waals surface area contributed by atoms with Crippen LogP contribution in [0.3, 0.4) is 0 Å². The molecular weight excluding hydrogens is 308 g/mol. The lowest BCUT2D eigenvalue weighted by molar-refractivity contribution is 0.0516. The number of carbonyl (C=O) groups excluding carboxylic acids is 1. The maximum absolute atomic E-state index is 11.7. The number of nitrogens with one attached hydrogen (secondary N) is 1. The van der Waals surface area contributed by atoms with Gasteiger partial charge in [-0.15, -0.1) is 0 Å². The standard InChI is InChI=1S/C18H26N2O4/c1-18(2,3)24-17(23)19-12-13-8-10-20(11-9-13)15-6-4-14(5-7-15)16(21)22/h4-7,13H,8-12H2,1-3H3,(H,19,23)(H,21,22). The molecule has 0 aliphatic carbocycles. The molecule has 1 aromatic rings. The SMILES string of the molecule is CC(C)(C)OC(=O)NCC1CCN(c2ccc(C(=O)O)cc2)CC1. The van der Waals surface area contributed by atoms with Gasteiger partial charge in [-0.2, -0.15) is 0 Å². The molecule has 1 amide bonds. The monoisotopic (exact) mass is 334 g/mol. The number of anilines is 1. The number of aromatic carboxylic acids is 1. The van der Waals surface area contributed by atoms with Crippen molar-refractivity contribution in [3.05, 3.63) is 29.8 Å². The predicted molar refractivity (Wildman–Crippen MR) is 92.6 cm³/mol. The highest BCUT2D eigenvalue weighted by Gasteiger charge is 2.22. The van der Waals surface area contributed by atoms with Gasteiger partial charge in [-0.25, -0.2) is 9.59 Å². The van der Waals surface area contributed by atoms with Crippen molar-refractivity contribution in [3.8, 4) is 0 Å². The number of rotatable bonds is 4. The molecule has 0 aromatic heterocycles. The third-order valence-electron chi connectivity index (χ3n) is 4.03. The summed E-state index contributed by atoms with van der Waals surface area (Å²) in [6, 6.07) is 6.97. The van der Waals surface area contributed by atoms with Crippen LogP contribution in [0.4, 0.5) is 10.5 Å². The van der Waals surface area contributed by atoms with Crippen molar-refractivity contribution in [1.82, 2.24) is 5.32 Å². The molecule has 0 spiro atoms. The largest absolute Gasteiger partial charge is 0.478 e. The van der Waals surface area contributed by atoms with Gasteiger partial charge < -0.3 is 20.1 Å². The molecule has 6 nitrogen and oxygen atoms in total. The molecule has 2 N–H and O–H groups in total. The van der Waals surface area contributed by atoms with Crippen molar-refractivity contribution >= 4 is 17.7 Å². The van der Waals surface area contributed by atoms with Gasteiger partial charge in [-0.05, 0) is 63.8 Å². The summed E-state index contributed by atoms with van der Waals surface area (Å²) in [5, 5.41) is 11.8. The van der Waals surface area contributed by atoms with E-state index >= 15 is 0 Å². The Morgan fingerprint density at radius 2 is 1.79 bits per heavy atom. The fourth-order valence-electron chi connectivity index (χ4n) is 2.75. The molecule has 1 aliphatic heterocycles. The van der Waals surface area contributed by atoms with Crippen molar-refractivity contribution in [2.75, 3.05) is 24.5 Å². The minimum absolute atomic E-state index is 0.301. The third kappa shape index (κ3) is 5.44. The Kier molecular flexibility index (Phi) is 5.70. The van der Waals surface area contributed by atoms with Gasteiger partial charge in [-0.3, -0.25) is 0 Å². The normalized spacial score (nSPS) is 15.9. The van der Waals surface area contributed by atoms with E-state index < -0.39 is 11.6 Å². The smallest absolute Gasteiger partial charge is 0.407 e. The molecule has 2 rings (SSSR count). The number of hydrogen-bond donors (Lipinski definition) is 2. The number of carbonyl (C=O) groups is 2. The molecule has 1 fully saturated rings. The van der Waals surface area contributed by atoms with Crippen LogP contribution in [0.2, 0.25) is 0 Å². The molecule has 0 bridgehead atoms. The maximum atomic E-state index is 11.7. The van der Waals surface area contributed by atoms with E-state index in [-0.39, 0.29) is 6.09 Å². The number of alkyl carbamates (subject to hydrolysis) is 1. The number of carboxylic acids is 1. The van der Waals surface area contributed by atoms with Crippen molar-refractivity contribution in [2.45, 2.75) is 39.2 Å². The summed E-state index contributed by atoms with van der Waals surface area (Å²) >= 11 is 0. The summed E-state index contributed by atoms with van der Waals surface area (Å²) in [5.74, 6) is -0.472. The van der Waals surface area contributed by atoms with Crippen LogP contribution in [0.5, 0.6) is 0 Å². The van der Waals surface area contributed by atoms with Crippen LogP contribution >= 0.6 is 0 Å². The van der Waals surface area contributed by atoms with Gasteiger partial charge in [0.05, 0.1) is 5.56 Å². The summed E-state index contributed by atoms with van der Waals surface area (Å²) in [5.41, 5.74) is 0.865. The van der Waals surface area contributed by atoms with Gasteiger partial charge >= 0.3 is 12.1 Å². The van der Waals surface area contributed by atoms with Gasteiger partial charge in [0.2, 0.25) is 0 Å². The van der Waals surface area contributed by atoms with E-state index in [9.17, 15) is 9.59 Å². The van der Waals surface area contributed by atoms with Crippen LogP contribution in [-0.2, 0) is 4.74 Å². The molecule has 0 saturated carbocycles. The molecule has 132 valence electrons. The van der Waals surface area contributed by atoms with E-state index in [0.29, 0.717) is 18.0 Å². The quantitative estimate of drug-likeness (QED) is 0.884. The number of benzene rings is 1. The zero-order valence-electron chi connectivity index (χ0n) is 14.5. The zero-order chi connectivity index (χ0) is 17.7. The fraction of sp³-hybridized carbons (Fsp3) is 0.556. The number of carboxylic acid groups (broad SMARTS) is 1. The number of piperidine rings is 1. The number of nitrogens with zero attached hydrogens (tertiary/aromatic N) is 1. The van der Waals surface area contributed by atoms with Gasteiger partial charge in [0.25, 0.3) is 0 Å². The van der Waals surface area contributed by atoms with Crippen LogP contribution in [0.25, 0.3) is 0 Å². The maximum Gasteiger partial charge on any atom is 0.407 e. The molecule has 1 aromatic carbocycles. The molecule has 0 radical (unpaired) electrons. The van der Waals surface area contributed by atoms with E-state index in [1.807, 2.05) is 32.9 Å². The lowest BCUT2D eigenvalue weighted by Crippen LogP contribution is -2.40. The van der Waals surface area contributed by atoms with Crippen LogP contribution in [0.1, 0.15) is 44.0 Å². The first-order valence-electron chi connectivity index (χ1n) is 8.30. The molecular formula is C18H26N2O4. The van der Waals surface area contributed by atoms with Crippen molar-refractivity contribution in [1.29, 1.82) is 0 Å². The Bertz CT molecular complexity index is 570. The fourth-order valence-corrected chi connectivity index (χ4v) is 2.75. The Morgan fingerprint density at radius 1 is 1.21 bits per heavy atom. The Hall–Kier alpha value is -2.24. The van der Waals surface area contributed by atoms with E-state index in [4.69, 9.17) is 9.84 Å². The minimum atomic E-state index is -0.909. The molecule has 1 aliphatic rings. The first-order chi connectivity index (χ1) is 11.2. The average Bonchev–Trinajstić information content (AvgIpc) is 2.52. The highest BCUT2D eigenvalue weighted by molar-refractivity contribution is 5.88. The molecule has 24 heavy (non-hydrogen) atoms. The molecule has 1 saturated heterocycles. The topological polar surface area (TPSA) is 78.9 Å². The summed E-state index contributed by atoms with van der Waals surface area (Å²) in [6.45, 7) is 7.96. The van der Waals surface area contributed by atoms with Crippen LogP contribution < -0.4 is 10.2 Å². The van der Waals surface area contributed by atoms with Crippen molar-refractivity contribution in [3.63, 3.8) is 0 Å². The number of amides is 1. The van der Waals surface area contributed by atoms with Crippen LogP contribution in [0.15, 0.2) is 24.3 Å². The predicted octanol–water partition coefficient (Wildman–Crippen LogP) is 3.13. The lowest BCUT2D eigenvalue weighted by atomic mass is 9.96. The van der Waals surface area contributed by atoms with Crippen molar-refractivity contribution < 1.29 is 19.4 Å². The minimum Gasteiger partial charge on any atom is -0.478 e. The van der Waals surface area contributed by atoms with E-state index in [0.717, 1.165) is 31.6 Å². The summed E-state index contributed by atoms with van der Waals surface area (Å²) < 4.78 is 5.24. The summed E-state index contributed by atoms with van der Waals surface area (Å²) in [4.78, 5) is 24.8. The van der Waals surface area contributed by atoms with E-state index in [2.05, 4.69) is 10.2 Å². The van der Waals surface area contributed by atoms with Gasteiger partial charge in [-0.1, -0.05) is 0 Å². The molecule has 6 heteroatoms. The summed E-state index contributed by atoms with van der Waals surface area (Å²) in [6.07, 6.45) is 1.60. The Balaban J connectivity index is 1.77. The first kappa shape index (κ1) is 18.1. The second-order valence-electron chi connectivity index (χ2n) is 7.17.